The summed E-state index contributed by atoms with van der Waals surface area (Å²) in [6.45, 7) is 2.53. The first-order valence-electron chi connectivity index (χ1n) is 6.93. The van der Waals surface area contributed by atoms with Crippen LogP contribution in [0.5, 0.6) is 0 Å². The summed E-state index contributed by atoms with van der Waals surface area (Å²) in [5.74, 6) is 1.01. The van der Waals surface area contributed by atoms with E-state index in [1.807, 2.05) is 7.05 Å². The van der Waals surface area contributed by atoms with Crippen LogP contribution in [-0.4, -0.2) is 43.5 Å². The smallest absolute Gasteiger partial charge is 0.226 e. The summed E-state index contributed by atoms with van der Waals surface area (Å²) >= 11 is 0. The molecule has 0 spiro atoms. The number of hydrogen-bond donors (Lipinski definition) is 2. The summed E-state index contributed by atoms with van der Waals surface area (Å²) in [6.07, 6.45) is 5.65. The summed E-state index contributed by atoms with van der Waals surface area (Å²) in [4.78, 5) is 14.7. The monoisotopic (exact) mass is 239 g/mol. The third-order valence-corrected chi connectivity index (χ3v) is 4.38. The van der Waals surface area contributed by atoms with Crippen molar-refractivity contribution >= 4 is 5.91 Å². The molecule has 1 unspecified atom stereocenters. The zero-order valence-electron chi connectivity index (χ0n) is 10.8. The number of amides is 1. The molecule has 0 aromatic rings. The molecule has 0 aromatic carbocycles. The summed E-state index contributed by atoms with van der Waals surface area (Å²) < 4.78 is 0. The molecule has 2 aliphatic rings. The Hall–Kier alpha value is -0.610. The predicted octanol–water partition coefficient (Wildman–Crippen LogP) is 0.572. The van der Waals surface area contributed by atoms with E-state index in [2.05, 4.69) is 10.2 Å². The van der Waals surface area contributed by atoms with Gasteiger partial charge in [-0.25, -0.2) is 0 Å². The lowest BCUT2D eigenvalue weighted by atomic mass is 9.94. The van der Waals surface area contributed by atoms with Gasteiger partial charge in [-0.2, -0.15) is 0 Å². The van der Waals surface area contributed by atoms with Crippen LogP contribution in [0.1, 0.15) is 32.1 Å². The molecule has 1 aliphatic carbocycles. The molecule has 2 rings (SSSR count). The van der Waals surface area contributed by atoms with Crippen LogP contribution in [0.25, 0.3) is 0 Å². The van der Waals surface area contributed by atoms with E-state index in [0.717, 1.165) is 38.8 Å². The molecule has 17 heavy (non-hydrogen) atoms. The quantitative estimate of drug-likeness (QED) is 0.754. The highest BCUT2D eigenvalue weighted by molar-refractivity contribution is 5.80. The zero-order chi connectivity index (χ0) is 12.3. The van der Waals surface area contributed by atoms with Gasteiger partial charge in [0.2, 0.25) is 5.91 Å². The average molecular weight is 239 g/mol. The van der Waals surface area contributed by atoms with E-state index in [1.165, 1.54) is 6.42 Å². The molecule has 98 valence electrons. The number of nitrogens with zero attached hydrogens (tertiary/aromatic N) is 1. The van der Waals surface area contributed by atoms with Crippen molar-refractivity contribution in [2.75, 3.05) is 26.7 Å². The second kappa shape index (κ2) is 5.83. The standard InChI is InChI=1S/C13H25N3O/c1-15-9-11-5-3-7-16(11)13(17)12-6-2-4-10(12)8-14/h10-12,15H,2-9,14H2,1H3/t10-,11?,12-/m1/s1. The number of hydrogen-bond acceptors (Lipinski definition) is 3. The van der Waals surface area contributed by atoms with E-state index in [4.69, 9.17) is 5.73 Å². The fraction of sp³-hybridized carbons (Fsp3) is 0.923. The Morgan fingerprint density at radius 1 is 1.35 bits per heavy atom. The normalized spacial score (nSPS) is 33.3. The highest BCUT2D eigenvalue weighted by atomic mass is 16.2. The summed E-state index contributed by atoms with van der Waals surface area (Å²) in [5, 5.41) is 3.19. The molecular formula is C13H25N3O. The Labute approximate surface area is 104 Å². The molecule has 1 heterocycles. The van der Waals surface area contributed by atoms with Crippen LogP contribution in [0.2, 0.25) is 0 Å². The van der Waals surface area contributed by atoms with Crippen LogP contribution < -0.4 is 11.1 Å². The first-order chi connectivity index (χ1) is 8.27. The summed E-state index contributed by atoms with van der Waals surface area (Å²) in [7, 11) is 1.96. The van der Waals surface area contributed by atoms with E-state index in [0.29, 0.717) is 24.4 Å². The number of nitrogens with two attached hydrogens (primary N) is 1. The Bertz CT molecular complexity index is 269. The number of nitrogens with one attached hydrogen (secondary N) is 1. The second-order valence-electron chi connectivity index (χ2n) is 5.42. The summed E-state index contributed by atoms with van der Waals surface area (Å²) in [5.41, 5.74) is 5.77. The van der Waals surface area contributed by atoms with Crippen LogP contribution in [0.15, 0.2) is 0 Å². The van der Waals surface area contributed by atoms with Gasteiger partial charge >= 0.3 is 0 Å². The molecule has 1 aliphatic heterocycles. The first-order valence-corrected chi connectivity index (χ1v) is 6.93. The fourth-order valence-electron chi connectivity index (χ4n) is 3.43. The largest absolute Gasteiger partial charge is 0.338 e. The molecule has 0 bridgehead atoms. The molecule has 4 heteroatoms. The molecule has 1 saturated carbocycles. The number of rotatable bonds is 4. The molecule has 4 nitrogen and oxygen atoms in total. The molecule has 0 aromatic heterocycles. The predicted molar refractivity (Wildman–Crippen MR) is 68.5 cm³/mol. The van der Waals surface area contributed by atoms with Crippen LogP contribution >= 0.6 is 0 Å². The maximum atomic E-state index is 12.5. The number of carbonyl (C=O) groups is 1. The van der Waals surface area contributed by atoms with Gasteiger partial charge < -0.3 is 16.0 Å². The van der Waals surface area contributed by atoms with Crippen LogP contribution in [0.3, 0.4) is 0 Å². The van der Waals surface area contributed by atoms with E-state index in [-0.39, 0.29) is 5.92 Å². The molecule has 3 atom stereocenters. The van der Waals surface area contributed by atoms with Gasteiger partial charge in [0.05, 0.1) is 0 Å². The van der Waals surface area contributed by atoms with Gasteiger partial charge in [0.25, 0.3) is 0 Å². The maximum Gasteiger partial charge on any atom is 0.226 e. The van der Waals surface area contributed by atoms with Crippen LogP contribution in [0.4, 0.5) is 0 Å². The van der Waals surface area contributed by atoms with Gasteiger partial charge in [0.15, 0.2) is 0 Å². The van der Waals surface area contributed by atoms with Crippen molar-refractivity contribution in [1.29, 1.82) is 0 Å². The van der Waals surface area contributed by atoms with E-state index in [1.54, 1.807) is 0 Å². The molecule has 2 fully saturated rings. The number of likely N-dealkylation sites (tertiary alicyclic amines) is 1. The Morgan fingerprint density at radius 3 is 2.88 bits per heavy atom. The Morgan fingerprint density at radius 2 is 2.18 bits per heavy atom. The lowest BCUT2D eigenvalue weighted by Gasteiger charge is -2.29. The van der Waals surface area contributed by atoms with Gasteiger partial charge in [-0.05, 0) is 45.2 Å². The minimum atomic E-state index is 0.206. The Balaban J connectivity index is 1.98. The number of carbonyl (C=O) groups excluding carboxylic acids is 1. The van der Waals surface area contributed by atoms with Crippen molar-refractivity contribution in [2.24, 2.45) is 17.6 Å². The van der Waals surface area contributed by atoms with Crippen molar-refractivity contribution < 1.29 is 4.79 Å². The fourth-order valence-corrected chi connectivity index (χ4v) is 3.43. The van der Waals surface area contributed by atoms with Crippen molar-refractivity contribution in [1.82, 2.24) is 10.2 Å². The van der Waals surface area contributed by atoms with Gasteiger partial charge in [0.1, 0.15) is 0 Å². The third kappa shape index (κ3) is 2.63. The average Bonchev–Trinajstić information content (AvgIpc) is 2.96. The molecule has 1 amide bonds. The SMILES string of the molecule is CNCC1CCCN1C(=O)[C@@H]1CCC[C@@H]1CN. The molecule has 1 saturated heterocycles. The first kappa shape index (κ1) is 12.8. The molecule has 3 N–H and O–H groups in total. The van der Waals surface area contributed by atoms with E-state index in [9.17, 15) is 4.79 Å². The molecular weight excluding hydrogens is 214 g/mol. The van der Waals surface area contributed by atoms with Gasteiger partial charge in [-0.15, -0.1) is 0 Å². The van der Waals surface area contributed by atoms with Gasteiger partial charge in [-0.1, -0.05) is 6.42 Å². The highest BCUT2D eigenvalue weighted by Gasteiger charge is 2.38. The van der Waals surface area contributed by atoms with Crippen molar-refractivity contribution in [3.05, 3.63) is 0 Å². The Kier molecular flexibility index (Phi) is 4.40. The van der Waals surface area contributed by atoms with Crippen molar-refractivity contribution in [3.63, 3.8) is 0 Å². The highest BCUT2D eigenvalue weighted by Crippen LogP contribution is 2.34. The van der Waals surface area contributed by atoms with E-state index < -0.39 is 0 Å². The van der Waals surface area contributed by atoms with Gasteiger partial charge in [0, 0.05) is 25.0 Å². The van der Waals surface area contributed by atoms with Crippen molar-refractivity contribution in [2.45, 2.75) is 38.1 Å². The van der Waals surface area contributed by atoms with E-state index >= 15 is 0 Å². The lowest BCUT2D eigenvalue weighted by molar-refractivity contribution is -0.137. The van der Waals surface area contributed by atoms with Crippen molar-refractivity contribution in [3.8, 4) is 0 Å². The zero-order valence-corrected chi connectivity index (χ0v) is 10.8. The van der Waals surface area contributed by atoms with Gasteiger partial charge in [-0.3, -0.25) is 4.79 Å². The van der Waals surface area contributed by atoms with Crippen LogP contribution in [-0.2, 0) is 4.79 Å². The topological polar surface area (TPSA) is 58.4 Å². The second-order valence-corrected chi connectivity index (χ2v) is 5.42. The molecule has 0 radical (unpaired) electrons. The minimum Gasteiger partial charge on any atom is -0.338 e. The minimum absolute atomic E-state index is 0.206. The number of likely N-dealkylation sites (N-methyl/N-ethyl adjacent to an activating group) is 1. The maximum absolute atomic E-state index is 12.5. The summed E-state index contributed by atoms with van der Waals surface area (Å²) in [6, 6.07) is 0.409. The van der Waals surface area contributed by atoms with Crippen LogP contribution in [0, 0.1) is 11.8 Å². The lowest BCUT2D eigenvalue weighted by Crippen LogP contribution is -2.45. The third-order valence-electron chi connectivity index (χ3n) is 4.38.